The van der Waals surface area contributed by atoms with Gasteiger partial charge in [0.25, 0.3) is 5.56 Å². The average Bonchev–Trinajstić information content (AvgIpc) is 2.68. The van der Waals surface area contributed by atoms with Crippen molar-refractivity contribution in [3.8, 4) is 5.69 Å². The summed E-state index contributed by atoms with van der Waals surface area (Å²) >= 11 is 0. The van der Waals surface area contributed by atoms with E-state index in [1.165, 1.54) is 28.8 Å². The van der Waals surface area contributed by atoms with E-state index in [1.54, 1.807) is 29.2 Å². The Kier molecular flexibility index (Phi) is 5.49. The fourth-order valence-electron chi connectivity index (χ4n) is 2.93. The monoisotopic (exact) mass is 368 g/mol. The Hall–Kier alpha value is -3.22. The maximum absolute atomic E-state index is 13.3. The SMILES string of the molecule is CCN(CC)C(=O)NCc1nc2ccccc2c(=O)n1-c1ccc(F)cc1. The van der Waals surface area contributed by atoms with Crippen LogP contribution in [-0.4, -0.2) is 33.6 Å². The van der Waals surface area contributed by atoms with E-state index in [9.17, 15) is 14.0 Å². The third-order valence-corrected chi connectivity index (χ3v) is 4.38. The maximum Gasteiger partial charge on any atom is 0.317 e. The second-order valence-electron chi connectivity index (χ2n) is 5.99. The minimum absolute atomic E-state index is 0.0762. The normalized spacial score (nSPS) is 10.8. The summed E-state index contributed by atoms with van der Waals surface area (Å²) in [6, 6.07) is 12.4. The lowest BCUT2D eigenvalue weighted by Gasteiger charge is -2.20. The maximum atomic E-state index is 13.3. The second-order valence-corrected chi connectivity index (χ2v) is 5.99. The van der Waals surface area contributed by atoms with Crippen molar-refractivity contribution >= 4 is 16.9 Å². The molecule has 0 bridgehead atoms. The molecule has 3 rings (SSSR count). The summed E-state index contributed by atoms with van der Waals surface area (Å²) in [6.07, 6.45) is 0. The van der Waals surface area contributed by atoms with Gasteiger partial charge in [-0.1, -0.05) is 12.1 Å². The molecule has 27 heavy (non-hydrogen) atoms. The molecule has 3 aromatic rings. The summed E-state index contributed by atoms with van der Waals surface area (Å²) in [7, 11) is 0. The van der Waals surface area contributed by atoms with E-state index < -0.39 is 5.82 Å². The first-order chi connectivity index (χ1) is 13.0. The van der Waals surface area contributed by atoms with Gasteiger partial charge in [-0.3, -0.25) is 9.36 Å². The summed E-state index contributed by atoms with van der Waals surface area (Å²) in [4.78, 5) is 31.5. The standard InChI is InChI=1S/C20H21FN4O2/c1-3-24(4-2)20(27)22-13-18-23-17-8-6-5-7-16(17)19(26)25(18)15-11-9-14(21)10-12-15/h5-12H,3-4,13H2,1-2H3,(H,22,27). The Balaban J connectivity index is 2.07. The fraction of sp³-hybridized carbons (Fsp3) is 0.250. The highest BCUT2D eigenvalue weighted by Gasteiger charge is 2.15. The number of halogens is 1. The van der Waals surface area contributed by atoms with Crippen LogP contribution in [0, 0.1) is 5.82 Å². The van der Waals surface area contributed by atoms with Crippen molar-refractivity contribution in [1.29, 1.82) is 0 Å². The first-order valence-electron chi connectivity index (χ1n) is 8.84. The van der Waals surface area contributed by atoms with Crippen LogP contribution in [0.15, 0.2) is 53.3 Å². The van der Waals surface area contributed by atoms with Crippen LogP contribution in [0.3, 0.4) is 0 Å². The number of carbonyl (C=O) groups is 1. The van der Waals surface area contributed by atoms with Gasteiger partial charge in [0.05, 0.1) is 23.1 Å². The number of benzene rings is 2. The summed E-state index contributed by atoms with van der Waals surface area (Å²) < 4.78 is 14.7. The number of para-hydroxylation sites is 1. The van der Waals surface area contributed by atoms with Crippen LogP contribution in [0.1, 0.15) is 19.7 Å². The van der Waals surface area contributed by atoms with Gasteiger partial charge in [0.15, 0.2) is 0 Å². The van der Waals surface area contributed by atoms with Gasteiger partial charge < -0.3 is 10.2 Å². The van der Waals surface area contributed by atoms with Crippen molar-refractivity contribution in [3.63, 3.8) is 0 Å². The van der Waals surface area contributed by atoms with E-state index >= 15 is 0 Å². The Morgan fingerprint density at radius 1 is 1.11 bits per heavy atom. The summed E-state index contributed by atoms with van der Waals surface area (Å²) in [5.41, 5.74) is 0.777. The van der Waals surface area contributed by atoms with Crippen molar-refractivity contribution < 1.29 is 9.18 Å². The number of hydrogen-bond acceptors (Lipinski definition) is 3. The van der Waals surface area contributed by atoms with Gasteiger partial charge in [0.1, 0.15) is 11.6 Å². The molecule has 2 aromatic carbocycles. The van der Waals surface area contributed by atoms with Gasteiger partial charge in [-0.15, -0.1) is 0 Å². The van der Waals surface area contributed by atoms with E-state index in [2.05, 4.69) is 10.3 Å². The largest absolute Gasteiger partial charge is 0.331 e. The van der Waals surface area contributed by atoms with Crippen LogP contribution in [0.4, 0.5) is 9.18 Å². The first-order valence-corrected chi connectivity index (χ1v) is 8.84. The molecule has 1 heterocycles. The van der Waals surface area contributed by atoms with Gasteiger partial charge in [0.2, 0.25) is 0 Å². The Morgan fingerprint density at radius 2 is 1.78 bits per heavy atom. The zero-order valence-corrected chi connectivity index (χ0v) is 15.3. The van der Waals surface area contributed by atoms with Crippen molar-refractivity contribution in [2.75, 3.05) is 13.1 Å². The zero-order chi connectivity index (χ0) is 19.4. The third kappa shape index (κ3) is 3.81. The predicted octanol–water partition coefficient (Wildman–Crippen LogP) is 3.08. The van der Waals surface area contributed by atoms with Crippen LogP contribution < -0.4 is 10.9 Å². The van der Waals surface area contributed by atoms with Crippen molar-refractivity contribution in [2.45, 2.75) is 20.4 Å². The average molecular weight is 368 g/mol. The molecule has 0 saturated carbocycles. The molecular formula is C20H21FN4O2. The van der Waals surface area contributed by atoms with Crippen LogP contribution in [0.25, 0.3) is 16.6 Å². The minimum atomic E-state index is -0.392. The number of nitrogens with zero attached hydrogens (tertiary/aromatic N) is 3. The van der Waals surface area contributed by atoms with E-state index in [0.717, 1.165) is 0 Å². The quantitative estimate of drug-likeness (QED) is 0.753. The number of carbonyl (C=O) groups excluding carboxylic acids is 1. The molecule has 1 aromatic heterocycles. The van der Waals surface area contributed by atoms with E-state index in [4.69, 9.17) is 0 Å². The lowest BCUT2D eigenvalue weighted by molar-refractivity contribution is 0.202. The Labute approximate surface area is 156 Å². The van der Waals surface area contributed by atoms with E-state index in [0.29, 0.717) is 35.5 Å². The van der Waals surface area contributed by atoms with Crippen LogP contribution in [0.5, 0.6) is 0 Å². The topological polar surface area (TPSA) is 67.2 Å². The van der Waals surface area contributed by atoms with Gasteiger partial charge in [-0.05, 0) is 50.2 Å². The smallest absolute Gasteiger partial charge is 0.317 e. The second kappa shape index (κ2) is 7.99. The minimum Gasteiger partial charge on any atom is -0.331 e. The number of hydrogen-bond donors (Lipinski definition) is 1. The fourth-order valence-corrected chi connectivity index (χ4v) is 2.93. The molecule has 1 N–H and O–H groups in total. The van der Waals surface area contributed by atoms with Crippen LogP contribution >= 0.6 is 0 Å². The lowest BCUT2D eigenvalue weighted by atomic mass is 10.2. The molecule has 6 nitrogen and oxygen atoms in total. The first kappa shape index (κ1) is 18.6. The molecule has 2 amide bonds. The van der Waals surface area contributed by atoms with Crippen molar-refractivity contribution in [1.82, 2.24) is 19.8 Å². The molecule has 0 saturated heterocycles. The number of urea groups is 1. The molecular weight excluding hydrogens is 347 g/mol. The molecule has 0 aliphatic carbocycles. The highest BCUT2D eigenvalue weighted by atomic mass is 19.1. The van der Waals surface area contributed by atoms with E-state index in [-0.39, 0.29) is 18.1 Å². The number of aromatic nitrogens is 2. The zero-order valence-electron chi connectivity index (χ0n) is 15.3. The van der Waals surface area contributed by atoms with Gasteiger partial charge in [0, 0.05) is 13.1 Å². The predicted molar refractivity (Wildman–Crippen MR) is 102 cm³/mol. The molecule has 0 spiro atoms. The molecule has 7 heteroatoms. The van der Waals surface area contributed by atoms with Crippen molar-refractivity contribution in [3.05, 3.63) is 70.5 Å². The highest BCUT2D eigenvalue weighted by Crippen LogP contribution is 2.14. The molecule has 0 unspecified atom stereocenters. The van der Waals surface area contributed by atoms with Gasteiger partial charge in [-0.25, -0.2) is 14.2 Å². The van der Waals surface area contributed by atoms with Gasteiger partial charge >= 0.3 is 6.03 Å². The Bertz CT molecular complexity index is 1010. The molecule has 0 aliphatic rings. The molecule has 140 valence electrons. The lowest BCUT2D eigenvalue weighted by Crippen LogP contribution is -2.40. The molecule has 0 radical (unpaired) electrons. The summed E-state index contributed by atoms with van der Waals surface area (Å²) in [6.45, 7) is 5.03. The highest BCUT2D eigenvalue weighted by molar-refractivity contribution is 5.78. The van der Waals surface area contributed by atoms with Crippen molar-refractivity contribution in [2.24, 2.45) is 0 Å². The molecule has 0 aliphatic heterocycles. The third-order valence-electron chi connectivity index (χ3n) is 4.38. The number of nitrogens with one attached hydrogen (secondary N) is 1. The number of fused-ring (bicyclic) bond motifs is 1. The summed E-state index contributed by atoms with van der Waals surface area (Å²) in [5.74, 6) is -0.0113. The number of amides is 2. The van der Waals surface area contributed by atoms with Gasteiger partial charge in [-0.2, -0.15) is 0 Å². The number of rotatable bonds is 5. The Morgan fingerprint density at radius 3 is 2.44 bits per heavy atom. The van der Waals surface area contributed by atoms with E-state index in [1.807, 2.05) is 13.8 Å². The summed E-state index contributed by atoms with van der Waals surface area (Å²) in [5, 5.41) is 3.26. The van der Waals surface area contributed by atoms with Crippen LogP contribution in [-0.2, 0) is 6.54 Å². The molecule has 0 fully saturated rings. The van der Waals surface area contributed by atoms with Crippen LogP contribution in [0.2, 0.25) is 0 Å². The molecule has 0 atom stereocenters.